The number of aromatic nitrogens is 2. The Balaban J connectivity index is 2.26. The van der Waals surface area contributed by atoms with Crippen LogP contribution < -0.4 is 10.5 Å². The lowest BCUT2D eigenvalue weighted by Gasteiger charge is -2.05. The number of anilines is 1. The van der Waals surface area contributed by atoms with E-state index in [-0.39, 0.29) is 0 Å². The average molecular weight is 222 g/mol. The number of ether oxygens (including phenoxy) is 1. The highest BCUT2D eigenvalue weighted by molar-refractivity contribution is 6.30. The smallest absolute Gasteiger partial charge is 0.242 e. The van der Waals surface area contributed by atoms with Gasteiger partial charge in [0.05, 0.1) is 16.9 Å². The SMILES string of the molecule is Nc1cccnc1Oc1cncc(Cl)c1. The Bertz CT molecular complexity index is 476. The van der Waals surface area contributed by atoms with Gasteiger partial charge in [0.25, 0.3) is 0 Å². The first-order valence-electron chi connectivity index (χ1n) is 4.24. The molecule has 15 heavy (non-hydrogen) atoms. The van der Waals surface area contributed by atoms with Crippen LogP contribution in [0.25, 0.3) is 0 Å². The van der Waals surface area contributed by atoms with Crippen LogP contribution in [0.3, 0.4) is 0 Å². The van der Waals surface area contributed by atoms with Crippen LogP contribution in [0.5, 0.6) is 11.6 Å². The number of rotatable bonds is 2. The third-order valence-corrected chi connectivity index (χ3v) is 1.90. The number of nitrogens with two attached hydrogens (primary N) is 1. The Hall–Kier alpha value is -1.81. The van der Waals surface area contributed by atoms with Crippen molar-refractivity contribution in [1.82, 2.24) is 9.97 Å². The topological polar surface area (TPSA) is 61.0 Å². The van der Waals surface area contributed by atoms with E-state index in [1.54, 1.807) is 30.6 Å². The van der Waals surface area contributed by atoms with E-state index in [1.807, 2.05) is 0 Å². The highest BCUT2D eigenvalue weighted by Gasteiger charge is 2.02. The summed E-state index contributed by atoms with van der Waals surface area (Å²) in [6.45, 7) is 0. The Morgan fingerprint density at radius 2 is 2.20 bits per heavy atom. The summed E-state index contributed by atoms with van der Waals surface area (Å²) in [5, 5.41) is 0.502. The normalized spacial score (nSPS) is 9.93. The first-order valence-corrected chi connectivity index (χ1v) is 4.62. The number of hydrogen-bond donors (Lipinski definition) is 1. The average Bonchev–Trinajstić information content (AvgIpc) is 2.22. The van der Waals surface area contributed by atoms with Gasteiger partial charge in [0.15, 0.2) is 0 Å². The first-order chi connectivity index (χ1) is 7.25. The zero-order chi connectivity index (χ0) is 10.7. The van der Waals surface area contributed by atoms with Gasteiger partial charge in [-0.2, -0.15) is 0 Å². The van der Waals surface area contributed by atoms with Gasteiger partial charge in [0, 0.05) is 18.5 Å². The summed E-state index contributed by atoms with van der Waals surface area (Å²) in [7, 11) is 0. The summed E-state index contributed by atoms with van der Waals surface area (Å²) < 4.78 is 5.41. The van der Waals surface area contributed by atoms with Crippen LogP contribution in [0, 0.1) is 0 Å². The van der Waals surface area contributed by atoms with Crippen molar-refractivity contribution < 1.29 is 4.74 Å². The second-order valence-corrected chi connectivity index (χ2v) is 3.28. The van der Waals surface area contributed by atoms with Crippen molar-refractivity contribution in [2.75, 3.05) is 5.73 Å². The van der Waals surface area contributed by atoms with Gasteiger partial charge in [0.2, 0.25) is 5.88 Å². The molecule has 0 saturated heterocycles. The van der Waals surface area contributed by atoms with E-state index >= 15 is 0 Å². The summed E-state index contributed by atoms with van der Waals surface area (Å²) in [6, 6.07) is 5.08. The molecule has 0 aliphatic rings. The number of hydrogen-bond acceptors (Lipinski definition) is 4. The molecule has 0 fully saturated rings. The van der Waals surface area contributed by atoms with Crippen molar-refractivity contribution in [3.8, 4) is 11.6 Å². The Morgan fingerprint density at radius 3 is 2.93 bits per heavy atom. The van der Waals surface area contributed by atoms with Gasteiger partial charge >= 0.3 is 0 Å². The molecule has 2 heterocycles. The molecule has 0 aliphatic carbocycles. The minimum absolute atomic E-state index is 0.349. The third-order valence-electron chi connectivity index (χ3n) is 1.69. The van der Waals surface area contributed by atoms with Crippen LogP contribution >= 0.6 is 11.6 Å². The second kappa shape index (κ2) is 4.14. The van der Waals surface area contributed by atoms with Crippen LogP contribution in [-0.4, -0.2) is 9.97 Å². The van der Waals surface area contributed by atoms with Gasteiger partial charge in [-0.3, -0.25) is 4.98 Å². The van der Waals surface area contributed by atoms with E-state index in [4.69, 9.17) is 22.1 Å². The highest BCUT2D eigenvalue weighted by atomic mass is 35.5. The molecular weight excluding hydrogens is 214 g/mol. The summed E-state index contributed by atoms with van der Waals surface area (Å²) in [5.41, 5.74) is 6.14. The number of halogens is 1. The molecule has 0 spiro atoms. The van der Waals surface area contributed by atoms with Gasteiger partial charge < -0.3 is 10.5 Å². The fraction of sp³-hybridized carbons (Fsp3) is 0. The Labute approximate surface area is 91.7 Å². The molecule has 2 N–H and O–H groups in total. The molecule has 2 aromatic rings. The van der Waals surface area contributed by atoms with Crippen molar-refractivity contribution in [2.24, 2.45) is 0 Å². The minimum atomic E-state index is 0.349. The van der Waals surface area contributed by atoms with E-state index in [0.29, 0.717) is 22.3 Å². The number of pyridine rings is 2. The van der Waals surface area contributed by atoms with Crippen molar-refractivity contribution >= 4 is 17.3 Å². The largest absolute Gasteiger partial charge is 0.435 e. The quantitative estimate of drug-likeness (QED) is 0.847. The van der Waals surface area contributed by atoms with E-state index in [0.717, 1.165) is 0 Å². The van der Waals surface area contributed by atoms with Crippen LogP contribution in [0.4, 0.5) is 5.69 Å². The third kappa shape index (κ3) is 2.35. The van der Waals surface area contributed by atoms with Crippen LogP contribution in [0.1, 0.15) is 0 Å². The lowest BCUT2D eigenvalue weighted by molar-refractivity contribution is 0.463. The maximum Gasteiger partial charge on any atom is 0.242 e. The summed E-state index contributed by atoms with van der Waals surface area (Å²) in [4.78, 5) is 7.87. The molecular formula is C10H8ClN3O. The minimum Gasteiger partial charge on any atom is -0.435 e. The van der Waals surface area contributed by atoms with Gasteiger partial charge in [-0.25, -0.2) is 4.98 Å². The molecule has 2 rings (SSSR count). The maximum absolute atomic E-state index is 5.76. The van der Waals surface area contributed by atoms with Crippen molar-refractivity contribution in [1.29, 1.82) is 0 Å². The Kier molecular flexibility index (Phi) is 2.69. The van der Waals surface area contributed by atoms with E-state index < -0.39 is 0 Å². The van der Waals surface area contributed by atoms with Crippen molar-refractivity contribution in [3.63, 3.8) is 0 Å². The first kappa shape index (κ1) is 9.73. The molecule has 0 aliphatic heterocycles. The van der Waals surface area contributed by atoms with Crippen LogP contribution in [-0.2, 0) is 0 Å². The standard InChI is InChI=1S/C10H8ClN3O/c11-7-4-8(6-13-5-7)15-10-9(12)2-1-3-14-10/h1-6H,12H2. The lowest BCUT2D eigenvalue weighted by atomic mass is 10.4. The van der Waals surface area contributed by atoms with Gasteiger partial charge in [-0.1, -0.05) is 11.6 Å². The van der Waals surface area contributed by atoms with Crippen molar-refractivity contribution in [2.45, 2.75) is 0 Å². The lowest BCUT2D eigenvalue weighted by Crippen LogP contribution is -1.94. The predicted octanol–water partition coefficient (Wildman–Crippen LogP) is 2.50. The summed E-state index contributed by atoms with van der Waals surface area (Å²) in [6.07, 6.45) is 4.67. The molecule has 0 atom stereocenters. The molecule has 2 aromatic heterocycles. The van der Waals surface area contributed by atoms with Crippen LogP contribution in [0.15, 0.2) is 36.8 Å². The van der Waals surface area contributed by atoms with E-state index in [1.165, 1.54) is 6.20 Å². The maximum atomic E-state index is 5.76. The fourth-order valence-electron chi connectivity index (χ4n) is 1.05. The molecule has 0 aromatic carbocycles. The predicted molar refractivity (Wildman–Crippen MR) is 58.0 cm³/mol. The molecule has 76 valence electrons. The van der Waals surface area contributed by atoms with Gasteiger partial charge in [-0.15, -0.1) is 0 Å². The summed E-state index contributed by atoms with van der Waals surface area (Å²) in [5.74, 6) is 0.856. The second-order valence-electron chi connectivity index (χ2n) is 2.84. The van der Waals surface area contributed by atoms with Gasteiger partial charge in [0.1, 0.15) is 5.75 Å². The molecule has 0 radical (unpaired) electrons. The van der Waals surface area contributed by atoms with Gasteiger partial charge in [-0.05, 0) is 12.1 Å². The highest BCUT2D eigenvalue weighted by Crippen LogP contribution is 2.25. The molecule has 0 unspecified atom stereocenters. The molecule has 5 heteroatoms. The van der Waals surface area contributed by atoms with Crippen molar-refractivity contribution in [3.05, 3.63) is 41.8 Å². The molecule has 0 bridgehead atoms. The monoisotopic (exact) mass is 221 g/mol. The number of nitrogens with zero attached hydrogens (tertiary/aromatic N) is 2. The van der Waals surface area contributed by atoms with Crippen LogP contribution in [0.2, 0.25) is 5.02 Å². The summed E-state index contributed by atoms with van der Waals surface area (Å²) >= 11 is 5.76. The molecule has 0 amide bonds. The zero-order valence-corrected chi connectivity index (χ0v) is 8.48. The van der Waals surface area contributed by atoms with E-state index in [2.05, 4.69) is 9.97 Å². The van der Waals surface area contributed by atoms with E-state index in [9.17, 15) is 0 Å². The molecule has 0 saturated carbocycles. The number of nitrogen functional groups attached to an aromatic ring is 1. The zero-order valence-electron chi connectivity index (χ0n) is 7.72. The molecule has 4 nitrogen and oxygen atoms in total. The fourth-order valence-corrected chi connectivity index (χ4v) is 1.21. The Morgan fingerprint density at radius 1 is 1.33 bits per heavy atom.